The summed E-state index contributed by atoms with van der Waals surface area (Å²) in [5.41, 5.74) is 2.61. The molecule has 5 nitrogen and oxygen atoms in total. The number of carbonyl (C=O) groups excluding carboxylic acids is 1. The summed E-state index contributed by atoms with van der Waals surface area (Å²) < 4.78 is 20.0. The molecule has 1 aliphatic heterocycles. The standard InChI is InChI=1S/C28H27ClFNO4/c1-28(16-20-9-11-23(29)24(30)14-20)17-22-15-21(10-12-25(22)35-28)27(34)31(18-26(32)33)13-5-8-19-6-3-2-4-7-19/h2-4,6-7,9-12,14-15H,5,8,13,16-18H2,1H3,(H,32,33)/t28-/m1/s1. The Bertz CT molecular complexity index is 1230. The molecule has 0 aliphatic carbocycles. The van der Waals surface area contributed by atoms with E-state index >= 15 is 0 Å². The molecule has 182 valence electrons. The van der Waals surface area contributed by atoms with Crippen LogP contribution in [-0.2, 0) is 24.1 Å². The molecule has 1 N–H and O–H groups in total. The van der Waals surface area contributed by atoms with Crippen molar-refractivity contribution in [3.05, 3.63) is 99.8 Å². The number of fused-ring (bicyclic) bond motifs is 1. The number of nitrogens with zero attached hydrogens (tertiary/aromatic N) is 1. The molecule has 7 heteroatoms. The van der Waals surface area contributed by atoms with Crippen LogP contribution in [0.5, 0.6) is 5.75 Å². The van der Waals surface area contributed by atoms with Crippen molar-refractivity contribution >= 4 is 23.5 Å². The van der Waals surface area contributed by atoms with Crippen LogP contribution in [0.25, 0.3) is 0 Å². The van der Waals surface area contributed by atoms with Crippen molar-refractivity contribution in [2.24, 2.45) is 0 Å². The number of benzene rings is 3. The quantitative estimate of drug-likeness (QED) is 0.421. The number of amides is 1. The largest absolute Gasteiger partial charge is 0.487 e. The highest BCUT2D eigenvalue weighted by Gasteiger charge is 2.36. The Kier molecular flexibility index (Phi) is 7.41. The van der Waals surface area contributed by atoms with Crippen LogP contribution in [0.4, 0.5) is 4.39 Å². The molecule has 4 rings (SSSR count). The highest BCUT2D eigenvalue weighted by molar-refractivity contribution is 6.30. The number of carbonyl (C=O) groups is 2. The van der Waals surface area contributed by atoms with Gasteiger partial charge in [0.25, 0.3) is 5.91 Å². The summed E-state index contributed by atoms with van der Waals surface area (Å²) in [6.07, 6.45) is 2.43. The molecule has 0 saturated carbocycles. The molecule has 0 aromatic heterocycles. The van der Waals surface area contributed by atoms with Crippen molar-refractivity contribution in [3.8, 4) is 5.75 Å². The van der Waals surface area contributed by atoms with Crippen LogP contribution in [0, 0.1) is 5.82 Å². The van der Waals surface area contributed by atoms with Crippen molar-refractivity contribution in [1.29, 1.82) is 0 Å². The summed E-state index contributed by atoms with van der Waals surface area (Å²) in [7, 11) is 0. The zero-order valence-electron chi connectivity index (χ0n) is 19.5. The Labute approximate surface area is 209 Å². The van der Waals surface area contributed by atoms with Gasteiger partial charge in [-0.2, -0.15) is 0 Å². The molecule has 1 amide bonds. The van der Waals surface area contributed by atoms with Crippen molar-refractivity contribution in [3.63, 3.8) is 0 Å². The van der Waals surface area contributed by atoms with E-state index in [2.05, 4.69) is 0 Å². The molecule has 0 unspecified atom stereocenters. The van der Waals surface area contributed by atoms with E-state index in [0.717, 1.165) is 23.1 Å². The average molecular weight is 496 g/mol. The Morgan fingerprint density at radius 2 is 1.86 bits per heavy atom. The van der Waals surface area contributed by atoms with E-state index in [1.807, 2.05) is 37.3 Å². The molecule has 1 atom stereocenters. The molecule has 0 fully saturated rings. The SMILES string of the molecule is C[C@@]1(Cc2ccc(Cl)c(F)c2)Cc2cc(C(=O)N(CCCc3ccccc3)CC(=O)O)ccc2O1. The predicted molar refractivity (Wildman–Crippen MR) is 133 cm³/mol. The summed E-state index contributed by atoms with van der Waals surface area (Å²) in [6, 6.07) is 19.8. The fraction of sp³-hybridized carbons (Fsp3) is 0.286. The second-order valence-corrected chi connectivity index (χ2v) is 9.59. The number of carboxylic acids is 1. The van der Waals surface area contributed by atoms with Gasteiger partial charge in [0.2, 0.25) is 0 Å². The lowest BCUT2D eigenvalue weighted by Crippen LogP contribution is -2.36. The maximum absolute atomic E-state index is 13.9. The van der Waals surface area contributed by atoms with Gasteiger partial charge in [0.05, 0.1) is 5.02 Å². The number of halogens is 2. The molecular formula is C28H27ClFNO4. The lowest BCUT2D eigenvalue weighted by atomic mass is 9.91. The minimum atomic E-state index is -1.05. The molecular weight excluding hydrogens is 469 g/mol. The zero-order chi connectivity index (χ0) is 25.0. The minimum Gasteiger partial charge on any atom is -0.487 e. The van der Waals surface area contributed by atoms with Gasteiger partial charge in [-0.05, 0) is 66.8 Å². The van der Waals surface area contributed by atoms with Crippen LogP contribution >= 0.6 is 11.6 Å². The first kappa shape index (κ1) is 24.7. The second kappa shape index (κ2) is 10.5. The monoisotopic (exact) mass is 495 g/mol. The molecule has 0 radical (unpaired) electrons. The molecule has 1 aliphatic rings. The molecule has 0 spiro atoms. The third-order valence-electron chi connectivity index (χ3n) is 6.14. The maximum atomic E-state index is 13.9. The van der Waals surface area contributed by atoms with Gasteiger partial charge in [-0.1, -0.05) is 48.0 Å². The van der Waals surface area contributed by atoms with Crippen molar-refractivity contribution in [2.75, 3.05) is 13.1 Å². The third kappa shape index (κ3) is 6.20. The van der Waals surface area contributed by atoms with Crippen LogP contribution in [-0.4, -0.2) is 40.6 Å². The van der Waals surface area contributed by atoms with Crippen LogP contribution < -0.4 is 4.74 Å². The molecule has 0 saturated heterocycles. The fourth-order valence-corrected chi connectivity index (χ4v) is 4.67. The van der Waals surface area contributed by atoms with E-state index in [0.29, 0.717) is 37.1 Å². The van der Waals surface area contributed by atoms with Crippen molar-refractivity contribution in [2.45, 2.75) is 38.2 Å². The first-order chi connectivity index (χ1) is 16.7. The van der Waals surface area contributed by atoms with Crippen LogP contribution in [0.3, 0.4) is 0 Å². The van der Waals surface area contributed by atoms with E-state index in [1.54, 1.807) is 24.3 Å². The molecule has 3 aromatic rings. The summed E-state index contributed by atoms with van der Waals surface area (Å²) in [5.74, 6) is -1.17. The highest BCUT2D eigenvalue weighted by Crippen LogP contribution is 2.38. The number of aryl methyl sites for hydroxylation is 1. The van der Waals surface area contributed by atoms with Gasteiger partial charge in [0, 0.05) is 24.9 Å². The van der Waals surface area contributed by atoms with Gasteiger partial charge in [-0.3, -0.25) is 9.59 Å². The smallest absolute Gasteiger partial charge is 0.323 e. The molecule has 0 bridgehead atoms. The van der Waals surface area contributed by atoms with Gasteiger partial charge in [-0.15, -0.1) is 0 Å². The first-order valence-corrected chi connectivity index (χ1v) is 11.9. The maximum Gasteiger partial charge on any atom is 0.323 e. The van der Waals surface area contributed by atoms with Gasteiger partial charge in [0.1, 0.15) is 23.7 Å². The van der Waals surface area contributed by atoms with E-state index in [4.69, 9.17) is 16.3 Å². The normalized spacial score (nSPS) is 16.4. The first-order valence-electron chi connectivity index (χ1n) is 11.5. The van der Waals surface area contributed by atoms with E-state index in [-0.39, 0.29) is 17.5 Å². The zero-order valence-corrected chi connectivity index (χ0v) is 20.2. The van der Waals surface area contributed by atoms with Gasteiger partial charge >= 0.3 is 5.97 Å². The van der Waals surface area contributed by atoms with Gasteiger partial charge in [-0.25, -0.2) is 4.39 Å². The summed E-state index contributed by atoms with van der Waals surface area (Å²) in [6.45, 7) is 1.93. The number of hydrogen-bond donors (Lipinski definition) is 1. The van der Waals surface area contributed by atoms with Crippen LogP contribution in [0.15, 0.2) is 66.7 Å². The molecule has 1 heterocycles. The summed E-state index contributed by atoms with van der Waals surface area (Å²) in [4.78, 5) is 26.0. The number of rotatable bonds is 9. The van der Waals surface area contributed by atoms with E-state index in [9.17, 15) is 19.1 Å². The summed E-state index contributed by atoms with van der Waals surface area (Å²) in [5, 5.41) is 9.42. The third-order valence-corrected chi connectivity index (χ3v) is 6.45. The number of hydrogen-bond acceptors (Lipinski definition) is 3. The van der Waals surface area contributed by atoms with Gasteiger partial charge in [0.15, 0.2) is 0 Å². The number of ether oxygens (including phenoxy) is 1. The minimum absolute atomic E-state index is 0.0763. The lowest BCUT2D eigenvalue weighted by Gasteiger charge is -2.24. The van der Waals surface area contributed by atoms with E-state index in [1.165, 1.54) is 17.0 Å². The van der Waals surface area contributed by atoms with Crippen molar-refractivity contribution in [1.82, 2.24) is 4.90 Å². The average Bonchev–Trinajstić information content (AvgIpc) is 3.15. The lowest BCUT2D eigenvalue weighted by molar-refractivity contribution is -0.137. The second-order valence-electron chi connectivity index (χ2n) is 9.19. The van der Waals surface area contributed by atoms with Crippen LogP contribution in [0.1, 0.15) is 40.4 Å². The molecule has 35 heavy (non-hydrogen) atoms. The Morgan fingerprint density at radius 3 is 2.57 bits per heavy atom. The topological polar surface area (TPSA) is 66.8 Å². The Morgan fingerprint density at radius 1 is 1.09 bits per heavy atom. The Hall–Kier alpha value is -3.38. The highest BCUT2D eigenvalue weighted by atomic mass is 35.5. The number of carboxylic acid groups (broad SMARTS) is 1. The Balaban J connectivity index is 1.45. The van der Waals surface area contributed by atoms with Crippen LogP contribution in [0.2, 0.25) is 5.02 Å². The number of aliphatic carboxylic acids is 1. The predicted octanol–water partition coefficient (Wildman–Crippen LogP) is 5.58. The van der Waals surface area contributed by atoms with E-state index < -0.39 is 17.4 Å². The van der Waals surface area contributed by atoms with Gasteiger partial charge < -0.3 is 14.7 Å². The fourth-order valence-electron chi connectivity index (χ4n) is 4.55. The molecule has 3 aromatic carbocycles. The van der Waals surface area contributed by atoms with Crippen molar-refractivity contribution < 1.29 is 23.8 Å². The summed E-state index contributed by atoms with van der Waals surface area (Å²) >= 11 is 5.79.